The van der Waals surface area contributed by atoms with Gasteiger partial charge in [0.25, 0.3) is 0 Å². The Bertz CT molecular complexity index is 92.2. The van der Waals surface area contributed by atoms with Gasteiger partial charge >= 0.3 is 0 Å². The van der Waals surface area contributed by atoms with Crippen LogP contribution in [0.25, 0.3) is 0 Å². The fourth-order valence-corrected chi connectivity index (χ4v) is 0.882. The quantitative estimate of drug-likeness (QED) is 0.340. The average molecular weight is 150 g/mol. The van der Waals surface area contributed by atoms with Crippen molar-refractivity contribution in [2.45, 2.75) is 18.6 Å². The number of ether oxygens (including phenoxy) is 1. The molecule has 0 aromatic rings. The maximum Gasteiger partial charge on any atom is 0.237 e. The Morgan fingerprint density at radius 3 is 1.90 bits per heavy atom. The summed E-state index contributed by atoms with van der Waals surface area (Å²) in [6.07, 6.45) is 0.667. The first-order valence-corrected chi connectivity index (χ1v) is 3.06. The van der Waals surface area contributed by atoms with E-state index in [1.54, 1.807) is 0 Å². The molecule has 1 aliphatic rings. The Hall–Kier alpha value is -0.200. The van der Waals surface area contributed by atoms with E-state index in [0.29, 0.717) is 26.1 Å². The van der Waals surface area contributed by atoms with E-state index in [2.05, 4.69) is 9.78 Å². The summed E-state index contributed by atoms with van der Waals surface area (Å²) in [6.45, 7) is 0.836. The third kappa shape index (κ3) is 1.44. The first-order valence-electron chi connectivity index (χ1n) is 3.06. The second kappa shape index (κ2) is 3.27. The second-order valence-electron chi connectivity index (χ2n) is 2.21. The van der Waals surface area contributed by atoms with E-state index < -0.39 is 5.79 Å². The van der Waals surface area contributed by atoms with Gasteiger partial charge in [-0.15, -0.1) is 0 Å². The van der Waals surface area contributed by atoms with Crippen LogP contribution in [-0.2, 0) is 14.5 Å². The monoisotopic (exact) mass is 150 g/mol. The number of hydrogen-bond donors (Lipinski definition) is 2. The fraction of sp³-hybridized carbons (Fsp3) is 1.00. The SMILES string of the molecule is OOC1(OO)CCOCC1. The fourth-order valence-electron chi connectivity index (χ4n) is 0.882. The standard InChI is InChI=1S/C5H10O5/c6-9-5(10-7)1-3-8-4-2-5/h6-7H,1-4H2. The summed E-state index contributed by atoms with van der Waals surface area (Å²) in [7, 11) is 0. The van der Waals surface area contributed by atoms with Gasteiger partial charge in [-0.05, 0) is 0 Å². The lowest BCUT2D eigenvalue weighted by atomic mass is 10.1. The lowest BCUT2D eigenvalue weighted by molar-refractivity contribution is -0.496. The number of rotatable bonds is 2. The van der Waals surface area contributed by atoms with Crippen molar-refractivity contribution in [1.82, 2.24) is 0 Å². The van der Waals surface area contributed by atoms with Crippen molar-refractivity contribution in [1.29, 1.82) is 0 Å². The first kappa shape index (κ1) is 7.90. The maximum atomic E-state index is 8.30. The maximum absolute atomic E-state index is 8.30. The molecule has 0 aliphatic carbocycles. The zero-order chi connectivity index (χ0) is 7.45. The Morgan fingerprint density at radius 2 is 1.60 bits per heavy atom. The zero-order valence-corrected chi connectivity index (χ0v) is 5.45. The van der Waals surface area contributed by atoms with Crippen molar-refractivity contribution in [3.05, 3.63) is 0 Å². The molecule has 2 N–H and O–H groups in total. The van der Waals surface area contributed by atoms with Crippen molar-refractivity contribution in [3.8, 4) is 0 Å². The van der Waals surface area contributed by atoms with Gasteiger partial charge in [0, 0.05) is 12.8 Å². The Balaban J connectivity index is 2.44. The molecule has 1 heterocycles. The molecular weight excluding hydrogens is 140 g/mol. The Morgan fingerprint density at radius 1 is 1.10 bits per heavy atom. The molecule has 10 heavy (non-hydrogen) atoms. The van der Waals surface area contributed by atoms with Gasteiger partial charge in [0.15, 0.2) is 0 Å². The van der Waals surface area contributed by atoms with E-state index in [4.69, 9.17) is 15.3 Å². The lowest BCUT2D eigenvalue weighted by Gasteiger charge is -2.29. The van der Waals surface area contributed by atoms with E-state index in [1.165, 1.54) is 0 Å². The number of hydrogen-bond acceptors (Lipinski definition) is 5. The van der Waals surface area contributed by atoms with Gasteiger partial charge in [-0.25, -0.2) is 20.3 Å². The molecule has 0 unspecified atom stereocenters. The van der Waals surface area contributed by atoms with Crippen molar-refractivity contribution in [3.63, 3.8) is 0 Å². The third-order valence-electron chi connectivity index (χ3n) is 1.59. The molecule has 0 amide bonds. The summed E-state index contributed by atoms with van der Waals surface area (Å²) in [4.78, 5) is 7.95. The van der Waals surface area contributed by atoms with Gasteiger partial charge in [0.1, 0.15) is 0 Å². The molecule has 5 heteroatoms. The minimum atomic E-state index is -1.25. The lowest BCUT2D eigenvalue weighted by Crippen LogP contribution is -2.40. The van der Waals surface area contributed by atoms with Crippen LogP contribution >= 0.6 is 0 Å². The summed E-state index contributed by atoms with van der Waals surface area (Å²) in [5.74, 6) is -1.25. The van der Waals surface area contributed by atoms with Crippen LogP contribution in [0.1, 0.15) is 12.8 Å². The minimum Gasteiger partial charge on any atom is -0.381 e. The topological polar surface area (TPSA) is 68.2 Å². The Kier molecular flexibility index (Phi) is 2.58. The summed E-state index contributed by atoms with van der Waals surface area (Å²) in [5.41, 5.74) is 0. The normalized spacial score (nSPS) is 24.6. The molecule has 60 valence electrons. The second-order valence-corrected chi connectivity index (χ2v) is 2.21. The van der Waals surface area contributed by atoms with Gasteiger partial charge in [-0.1, -0.05) is 0 Å². The molecule has 0 aromatic heterocycles. The van der Waals surface area contributed by atoms with Gasteiger partial charge in [-0.3, -0.25) is 0 Å². The summed E-state index contributed by atoms with van der Waals surface area (Å²) < 4.78 is 4.95. The smallest absolute Gasteiger partial charge is 0.237 e. The molecule has 1 aliphatic heterocycles. The third-order valence-corrected chi connectivity index (χ3v) is 1.59. The first-order chi connectivity index (χ1) is 4.83. The molecule has 0 aromatic carbocycles. The highest BCUT2D eigenvalue weighted by Gasteiger charge is 2.36. The van der Waals surface area contributed by atoms with Crippen LogP contribution in [0.15, 0.2) is 0 Å². The highest BCUT2D eigenvalue weighted by atomic mass is 17.2. The summed E-state index contributed by atoms with van der Waals surface area (Å²) >= 11 is 0. The molecule has 0 atom stereocenters. The summed E-state index contributed by atoms with van der Waals surface area (Å²) in [6, 6.07) is 0. The van der Waals surface area contributed by atoms with Crippen LogP contribution in [0.5, 0.6) is 0 Å². The molecule has 0 saturated carbocycles. The van der Waals surface area contributed by atoms with Gasteiger partial charge < -0.3 is 4.74 Å². The van der Waals surface area contributed by atoms with Crippen LogP contribution in [-0.4, -0.2) is 29.5 Å². The summed E-state index contributed by atoms with van der Waals surface area (Å²) in [5, 5.41) is 16.6. The van der Waals surface area contributed by atoms with E-state index in [9.17, 15) is 0 Å². The van der Waals surface area contributed by atoms with E-state index in [-0.39, 0.29) is 0 Å². The Labute approximate surface area is 58.0 Å². The van der Waals surface area contributed by atoms with E-state index in [0.717, 1.165) is 0 Å². The molecule has 0 radical (unpaired) electrons. The van der Waals surface area contributed by atoms with Crippen LogP contribution in [0.4, 0.5) is 0 Å². The van der Waals surface area contributed by atoms with E-state index in [1.807, 2.05) is 0 Å². The molecule has 1 fully saturated rings. The highest BCUT2D eigenvalue weighted by molar-refractivity contribution is 4.70. The van der Waals surface area contributed by atoms with Crippen molar-refractivity contribution in [2.75, 3.05) is 13.2 Å². The van der Waals surface area contributed by atoms with Crippen molar-refractivity contribution >= 4 is 0 Å². The molecular formula is C5H10O5. The van der Waals surface area contributed by atoms with Crippen molar-refractivity contribution in [2.24, 2.45) is 0 Å². The predicted octanol–water partition coefficient (Wildman–Crippen LogP) is 0.472. The molecule has 5 nitrogen and oxygen atoms in total. The van der Waals surface area contributed by atoms with Crippen LogP contribution in [0.2, 0.25) is 0 Å². The van der Waals surface area contributed by atoms with Crippen molar-refractivity contribution < 1.29 is 25.0 Å². The minimum absolute atomic E-state index is 0.333. The van der Waals surface area contributed by atoms with Crippen LogP contribution in [0.3, 0.4) is 0 Å². The van der Waals surface area contributed by atoms with Crippen LogP contribution in [0, 0.1) is 0 Å². The zero-order valence-electron chi connectivity index (χ0n) is 5.45. The highest BCUT2D eigenvalue weighted by Crippen LogP contribution is 2.23. The van der Waals surface area contributed by atoms with Gasteiger partial charge in [-0.2, -0.15) is 0 Å². The average Bonchev–Trinajstić information content (AvgIpc) is 2.06. The molecule has 0 spiro atoms. The van der Waals surface area contributed by atoms with Gasteiger partial charge in [0.2, 0.25) is 5.79 Å². The predicted molar refractivity (Wildman–Crippen MR) is 30.2 cm³/mol. The molecule has 1 saturated heterocycles. The van der Waals surface area contributed by atoms with Gasteiger partial charge in [0.05, 0.1) is 13.2 Å². The largest absolute Gasteiger partial charge is 0.381 e. The molecule has 1 rings (SSSR count). The molecule has 0 bridgehead atoms. The van der Waals surface area contributed by atoms with Crippen LogP contribution < -0.4 is 0 Å². The van der Waals surface area contributed by atoms with E-state index >= 15 is 0 Å².